The summed E-state index contributed by atoms with van der Waals surface area (Å²) < 4.78 is 31.3. The van der Waals surface area contributed by atoms with E-state index in [2.05, 4.69) is 0 Å². The number of carbonyl (C=O) groups excluding carboxylic acids is 1. The second kappa shape index (κ2) is 6.62. The second-order valence-electron chi connectivity index (χ2n) is 5.23. The fourth-order valence-corrected chi connectivity index (χ4v) is 2.63. The van der Waals surface area contributed by atoms with Gasteiger partial charge in [-0.1, -0.05) is 36.4 Å². The largest absolute Gasteiger partial charge is 0.465 e. The van der Waals surface area contributed by atoms with Crippen molar-refractivity contribution in [3.8, 4) is 22.3 Å². The maximum absolute atomic E-state index is 13.3. The summed E-state index contributed by atoms with van der Waals surface area (Å²) in [5.41, 5.74) is 3.16. The molecular formula is C20H14F2O2. The minimum Gasteiger partial charge on any atom is -0.465 e. The zero-order valence-corrected chi connectivity index (χ0v) is 12.9. The first kappa shape index (κ1) is 15.9. The Hall–Kier alpha value is -3.01. The van der Waals surface area contributed by atoms with Crippen molar-refractivity contribution in [3.05, 3.63) is 83.9 Å². The highest BCUT2D eigenvalue weighted by molar-refractivity contribution is 6.02. The number of hydrogen-bond acceptors (Lipinski definition) is 2. The normalized spacial score (nSPS) is 10.5. The molecule has 4 heteroatoms. The standard InChI is InChI=1S/C20H14F2O2/c1-24-20(23)18-4-2-3-17(13-5-9-15(21)10-6-13)19(18)14-7-11-16(22)12-8-14/h2-12H,1H3. The Kier molecular flexibility index (Phi) is 4.38. The van der Waals surface area contributed by atoms with E-state index in [-0.39, 0.29) is 11.6 Å². The fraction of sp³-hybridized carbons (Fsp3) is 0.0500. The summed E-state index contributed by atoms with van der Waals surface area (Å²) in [5, 5.41) is 0. The van der Waals surface area contributed by atoms with Crippen LogP contribution in [0.3, 0.4) is 0 Å². The van der Waals surface area contributed by atoms with Crippen LogP contribution in [0.4, 0.5) is 8.78 Å². The topological polar surface area (TPSA) is 26.3 Å². The SMILES string of the molecule is COC(=O)c1cccc(-c2ccc(F)cc2)c1-c1ccc(F)cc1. The number of ether oxygens (including phenoxy) is 1. The van der Waals surface area contributed by atoms with Crippen molar-refractivity contribution in [2.75, 3.05) is 7.11 Å². The fourth-order valence-electron chi connectivity index (χ4n) is 2.63. The predicted molar refractivity (Wildman–Crippen MR) is 88.6 cm³/mol. The molecule has 0 saturated heterocycles. The van der Waals surface area contributed by atoms with E-state index in [1.807, 2.05) is 6.07 Å². The average Bonchev–Trinajstić information content (AvgIpc) is 2.62. The number of rotatable bonds is 3. The van der Waals surface area contributed by atoms with Gasteiger partial charge in [0.2, 0.25) is 0 Å². The molecule has 0 aromatic heterocycles. The third kappa shape index (κ3) is 3.04. The number of halogens is 2. The molecule has 3 aromatic rings. The van der Waals surface area contributed by atoms with Gasteiger partial charge in [-0.15, -0.1) is 0 Å². The molecule has 3 rings (SSSR count). The maximum atomic E-state index is 13.3. The first-order valence-corrected chi connectivity index (χ1v) is 7.33. The molecule has 3 aromatic carbocycles. The van der Waals surface area contributed by atoms with Gasteiger partial charge in [0.25, 0.3) is 0 Å². The van der Waals surface area contributed by atoms with Gasteiger partial charge in [0.1, 0.15) is 11.6 Å². The third-order valence-electron chi connectivity index (χ3n) is 3.76. The van der Waals surface area contributed by atoms with Gasteiger partial charge in [-0.3, -0.25) is 0 Å². The lowest BCUT2D eigenvalue weighted by molar-refractivity contribution is 0.0601. The lowest BCUT2D eigenvalue weighted by Crippen LogP contribution is -2.04. The van der Waals surface area contributed by atoms with E-state index in [1.54, 1.807) is 36.4 Å². The Morgan fingerprint density at radius 2 is 1.33 bits per heavy atom. The minimum absolute atomic E-state index is 0.341. The van der Waals surface area contributed by atoms with Crippen molar-refractivity contribution in [1.29, 1.82) is 0 Å². The van der Waals surface area contributed by atoms with Gasteiger partial charge in [-0.05, 0) is 47.0 Å². The molecule has 0 amide bonds. The Bertz CT molecular complexity index is 869. The molecule has 0 N–H and O–H groups in total. The van der Waals surface area contributed by atoms with E-state index in [9.17, 15) is 13.6 Å². The van der Waals surface area contributed by atoms with Gasteiger partial charge in [0.15, 0.2) is 0 Å². The van der Waals surface area contributed by atoms with Crippen molar-refractivity contribution >= 4 is 5.97 Å². The zero-order valence-electron chi connectivity index (χ0n) is 12.9. The van der Waals surface area contributed by atoms with E-state index in [0.29, 0.717) is 16.7 Å². The molecule has 0 aliphatic heterocycles. The van der Waals surface area contributed by atoms with E-state index in [4.69, 9.17) is 4.74 Å². The van der Waals surface area contributed by atoms with Gasteiger partial charge in [0.05, 0.1) is 12.7 Å². The summed E-state index contributed by atoms with van der Waals surface area (Å²) in [6.07, 6.45) is 0. The third-order valence-corrected chi connectivity index (χ3v) is 3.76. The molecule has 0 spiro atoms. The van der Waals surface area contributed by atoms with Gasteiger partial charge >= 0.3 is 5.97 Å². The Morgan fingerprint density at radius 3 is 1.88 bits per heavy atom. The van der Waals surface area contributed by atoms with E-state index < -0.39 is 5.97 Å². The highest BCUT2D eigenvalue weighted by atomic mass is 19.1. The van der Waals surface area contributed by atoms with Crippen molar-refractivity contribution < 1.29 is 18.3 Å². The van der Waals surface area contributed by atoms with Crippen molar-refractivity contribution in [2.45, 2.75) is 0 Å². The molecule has 120 valence electrons. The molecule has 0 atom stereocenters. The summed E-state index contributed by atoms with van der Waals surface area (Å²) in [7, 11) is 1.31. The van der Waals surface area contributed by atoms with E-state index >= 15 is 0 Å². The van der Waals surface area contributed by atoms with Crippen LogP contribution in [0.15, 0.2) is 66.7 Å². The monoisotopic (exact) mass is 324 g/mol. The molecule has 0 unspecified atom stereocenters. The van der Waals surface area contributed by atoms with Gasteiger partial charge < -0.3 is 4.74 Å². The summed E-state index contributed by atoms with van der Waals surface area (Å²) in [5.74, 6) is -1.19. The molecule has 0 saturated carbocycles. The van der Waals surface area contributed by atoms with Gasteiger partial charge in [0, 0.05) is 5.56 Å². The second-order valence-corrected chi connectivity index (χ2v) is 5.23. The van der Waals surface area contributed by atoms with E-state index in [1.165, 1.54) is 31.4 Å². The lowest BCUT2D eigenvalue weighted by Gasteiger charge is -2.14. The first-order valence-electron chi connectivity index (χ1n) is 7.33. The molecule has 0 aliphatic carbocycles. The molecule has 0 fully saturated rings. The highest BCUT2D eigenvalue weighted by Gasteiger charge is 2.18. The summed E-state index contributed by atoms with van der Waals surface area (Å²) in [6, 6.07) is 17.1. The number of carbonyl (C=O) groups is 1. The Morgan fingerprint density at radius 1 is 0.792 bits per heavy atom. The van der Waals surface area contributed by atoms with Crippen LogP contribution in [0.25, 0.3) is 22.3 Å². The molecule has 2 nitrogen and oxygen atoms in total. The quantitative estimate of drug-likeness (QED) is 0.628. The van der Waals surface area contributed by atoms with Crippen molar-refractivity contribution in [1.82, 2.24) is 0 Å². The van der Waals surface area contributed by atoms with Crippen LogP contribution in [0.1, 0.15) is 10.4 Å². The number of esters is 1. The summed E-state index contributed by atoms with van der Waals surface area (Å²) in [6.45, 7) is 0. The van der Waals surface area contributed by atoms with Gasteiger partial charge in [-0.2, -0.15) is 0 Å². The Balaban J connectivity index is 2.27. The van der Waals surface area contributed by atoms with Crippen LogP contribution in [-0.4, -0.2) is 13.1 Å². The van der Waals surface area contributed by atoms with Crippen LogP contribution in [0, 0.1) is 11.6 Å². The van der Waals surface area contributed by atoms with Crippen LogP contribution in [-0.2, 0) is 4.74 Å². The average molecular weight is 324 g/mol. The predicted octanol–water partition coefficient (Wildman–Crippen LogP) is 5.09. The molecule has 24 heavy (non-hydrogen) atoms. The lowest BCUT2D eigenvalue weighted by atomic mass is 9.90. The van der Waals surface area contributed by atoms with Crippen molar-refractivity contribution in [2.24, 2.45) is 0 Å². The maximum Gasteiger partial charge on any atom is 0.338 e. The number of hydrogen-bond donors (Lipinski definition) is 0. The van der Waals surface area contributed by atoms with E-state index in [0.717, 1.165) is 11.1 Å². The molecule has 0 bridgehead atoms. The zero-order chi connectivity index (χ0) is 17.1. The Labute approximate surface area is 138 Å². The van der Waals surface area contributed by atoms with Crippen LogP contribution < -0.4 is 0 Å². The first-order chi connectivity index (χ1) is 11.6. The van der Waals surface area contributed by atoms with Crippen LogP contribution in [0.2, 0.25) is 0 Å². The van der Waals surface area contributed by atoms with Crippen LogP contribution in [0.5, 0.6) is 0 Å². The minimum atomic E-state index is -0.488. The molecule has 0 aliphatic rings. The van der Waals surface area contributed by atoms with Crippen LogP contribution >= 0.6 is 0 Å². The molecular weight excluding hydrogens is 310 g/mol. The summed E-state index contributed by atoms with van der Waals surface area (Å²) >= 11 is 0. The summed E-state index contributed by atoms with van der Waals surface area (Å²) in [4.78, 5) is 12.2. The molecule has 0 heterocycles. The van der Waals surface area contributed by atoms with Crippen molar-refractivity contribution in [3.63, 3.8) is 0 Å². The van der Waals surface area contributed by atoms with Gasteiger partial charge in [-0.25, -0.2) is 13.6 Å². The smallest absolute Gasteiger partial charge is 0.338 e. The molecule has 0 radical (unpaired) electrons. The number of methoxy groups -OCH3 is 1. The highest BCUT2D eigenvalue weighted by Crippen LogP contribution is 2.35. The number of benzene rings is 3.